The van der Waals surface area contributed by atoms with Gasteiger partial charge >= 0.3 is 6.03 Å². The van der Waals surface area contributed by atoms with Gasteiger partial charge in [0.05, 0.1) is 12.1 Å². The van der Waals surface area contributed by atoms with Crippen LogP contribution in [0.4, 0.5) is 22.4 Å². The van der Waals surface area contributed by atoms with Gasteiger partial charge in [-0.05, 0) is 35.4 Å². The Bertz CT molecular complexity index is 1150. The molecule has 0 saturated carbocycles. The van der Waals surface area contributed by atoms with E-state index in [0.717, 1.165) is 12.1 Å². The summed E-state index contributed by atoms with van der Waals surface area (Å²) in [6.07, 6.45) is 8.61. The van der Waals surface area contributed by atoms with Crippen molar-refractivity contribution in [1.82, 2.24) is 20.0 Å². The molecule has 3 aromatic rings. The van der Waals surface area contributed by atoms with Crippen LogP contribution in [0.15, 0.2) is 65.3 Å². The van der Waals surface area contributed by atoms with Gasteiger partial charge in [0, 0.05) is 49.8 Å². The molecule has 170 valence electrons. The highest BCUT2D eigenvalue weighted by Gasteiger charge is 2.29. The molecule has 0 spiro atoms. The monoisotopic (exact) mass is 458 g/mol. The summed E-state index contributed by atoms with van der Waals surface area (Å²) in [5.74, 6) is -2.46. The maximum Gasteiger partial charge on any atom is 0.350 e. The number of nitrogens with zero attached hydrogens (tertiary/aromatic N) is 5. The molecular formula is C22H18F4N6O. The number of carbonyl (C=O) groups excluding carboxylic acids is 1. The number of carbonyl (C=O) groups is 1. The van der Waals surface area contributed by atoms with Crippen molar-refractivity contribution in [3.63, 3.8) is 0 Å². The summed E-state index contributed by atoms with van der Waals surface area (Å²) in [4.78, 5) is 16.0. The fourth-order valence-electron chi connectivity index (χ4n) is 3.47. The van der Waals surface area contributed by atoms with Gasteiger partial charge in [-0.1, -0.05) is 0 Å². The molecule has 7 nitrogen and oxygen atoms in total. The highest BCUT2D eigenvalue weighted by atomic mass is 19.1. The molecule has 33 heavy (non-hydrogen) atoms. The van der Waals surface area contributed by atoms with E-state index in [9.17, 15) is 22.4 Å². The molecule has 11 heteroatoms. The van der Waals surface area contributed by atoms with Gasteiger partial charge in [-0.15, -0.1) is 0 Å². The molecule has 1 aromatic heterocycles. The molecule has 0 aliphatic carbocycles. The van der Waals surface area contributed by atoms with E-state index in [0.29, 0.717) is 24.0 Å². The van der Waals surface area contributed by atoms with E-state index in [4.69, 9.17) is 0 Å². The summed E-state index contributed by atoms with van der Waals surface area (Å²) in [6, 6.07) is 5.66. The van der Waals surface area contributed by atoms with Crippen LogP contribution >= 0.6 is 0 Å². The molecule has 2 aliphatic heterocycles. The van der Waals surface area contributed by atoms with Crippen LogP contribution in [-0.2, 0) is 0 Å². The number of benzene rings is 2. The average molecular weight is 458 g/mol. The fourth-order valence-corrected chi connectivity index (χ4v) is 3.47. The van der Waals surface area contributed by atoms with Gasteiger partial charge in [-0.2, -0.15) is 10.2 Å². The Morgan fingerprint density at radius 1 is 0.879 bits per heavy atom. The minimum Gasteiger partial charge on any atom is -0.303 e. The summed E-state index contributed by atoms with van der Waals surface area (Å²) in [5, 5.41) is 8.94. The second-order valence-electron chi connectivity index (χ2n) is 7.28. The number of nitrogens with one attached hydrogen (secondary N) is 1. The van der Waals surface area contributed by atoms with Crippen LogP contribution < -0.4 is 5.43 Å². The van der Waals surface area contributed by atoms with Crippen LogP contribution in [0.5, 0.6) is 0 Å². The van der Waals surface area contributed by atoms with E-state index in [-0.39, 0.29) is 6.04 Å². The van der Waals surface area contributed by atoms with E-state index in [2.05, 4.69) is 20.6 Å². The highest BCUT2D eigenvalue weighted by molar-refractivity contribution is 5.80. The average Bonchev–Trinajstić information content (AvgIpc) is 3.55. The lowest BCUT2D eigenvalue weighted by atomic mass is 10.0. The summed E-state index contributed by atoms with van der Waals surface area (Å²) >= 11 is 0. The van der Waals surface area contributed by atoms with E-state index < -0.39 is 35.3 Å². The van der Waals surface area contributed by atoms with E-state index >= 15 is 0 Å². The number of rotatable bonds is 2. The summed E-state index contributed by atoms with van der Waals surface area (Å²) in [6.45, 7) is 0. The number of aromatic nitrogens is 2. The minimum absolute atomic E-state index is 0.0924. The quantitative estimate of drug-likeness (QED) is 0.573. The first-order valence-electron chi connectivity index (χ1n) is 9.93. The highest BCUT2D eigenvalue weighted by Crippen LogP contribution is 2.29. The number of hydrogen-bond acceptors (Lipinski definition) is 5. The third kappa shape index (κ3) is 5.25. The molecule has 2 aromatic carbocycles. The zero-order chi connectivity index (χ0) is 23.4. The maximum atomic E-state index is 13.3. The standard InChI is InChI=1S/C13H10F2N4O.C9H8F2N2/c14-10-5-9(6-11(15)7-10)12-1-2-17-19(12)13(20)18-4-3-16-8-18;10-7-3-6(4-8(11)5-7)9-1-2-12-13-9/h2-8,12H,1H2;2-5,9,13H,1H2. The molecule has 0 fully saturated rings. The first-order chi connectivity index (χ1) is 15.9. The molecule has 1 amide bonds. The second-order valence-corrected chi connectivity index (χ2v) is 7.28. The number of halogens is 4. The first kappa shape index (κ1) is 22.2. The number of hydrazone groups is 2. The maximum absolute atomic E-state index is 13.3. The van der Waals surface area contributed by atoms with Gasteiger partial charge in [0.2, 0.25) is 0 Å². The second kappa shape index (κ2) is 9.63. The largest absolute Gasteiger partial charge is 0.350 e. The van der Waals surface area contributed by atoms with E-state index in [1.165, 1.54) is 52.6 Å². The fraction of sp³-hybridized carbons (Fsp3) is 0.182. The number of amides is 1. The smallest absolute Gasteiger partial charge is 0.303 e. The Labute approximate surface area is 186 Å². The molecule has 2 atom stereocenters. The van der Waals surface area contributed by atoms with Gasteiger partial charge in [-0.25, -0.2) is 32.3 Å². The van der Waals surface area contributed by atoms with Crippen molar-refractivity contribution in [3.8, 4) is 0 Å². The Kier molecular flexibility index (Phi) is 6.48. The van der Waals surface area contributed by atoms with Crippen molar-refractivity contribution in [2.75, 3.05) is 0 Å². The van der Waals surface area contributed by atoms with Gasteiger partial charge in [0.25, 0.3) is 0 Å². The Morgan fingerprint density at radius 2 is 1.52 bits per heavy atom. The number of hydrogen-bond donors (Lipinski definition) is 1. The molecule has 3 heterocycles. The van der Waals surface area contributed by atoms with Crippen molar-refractivity contribution >= 4 is 18.5 Å². The summed E-state index contributed by atoms with van der Waals surface area (Å²) < 4.78 is 53.4. The van der Waals surface area contributed by atoms with Gasteiger partial charge in [0.1, 0.15) is 29.6 Å². The SMILES string of the molecule is Fc1cc(F)cc(C2CC=NN2)c1.O=C(N1N=CCC1c1cc(F)cc(F)c1)n1ccnc1. The Balaban J connectivity index is 0.000000172. The molecule has 0 bridgehead atoms. The summed E-state index contributed by atoms with van der Waals surface area (Å²) in [5.41, 5.74) is 3.72. The van der Waals surface area contributed by atoms with Gasteiger partial charge < -0.3 is 5.43 Å². The van der Waals surface area contributed by atoms with Gasteiger partial charge in [-0.3, -0.25) is 4.57 Å². The lowest BCUT2D eigenvalue weighted by Gasteiger charge is -2.22. The van der Waals surface area contributed by atoms with E-state index in [1.807, 2.05) is 0 Å². The van der Waals surface area contributed by atoms with Gasteiger partial charge in [0.15, 0.2) is 0 Å². The molecule has 1 N–H and O–H groups in total. The van der Waals surface area contributed by atoms with Crippen molar-refractivity contribution in [2.24, 2.45) is 10.2 Å². The zero-order valence-corrected chi connectivity index (χ0v) is 17.1. The first-order valence-corrected chi connectivity index (χ1v) is 9.93. The Morgan fingerprint density at radius 3 is 2.06 bits per heavy atom. The van der Waals surface area contributed by atoms with Crippen LogP contribution in [0.1, 0.15) is 36.1 Å². The lowest BCUT2D eigenvalue weighted by molar-refractivity contribution is 0.187. The third-order valence-corrected chi connectivity index (χ3v) is 4.97. The molecule has 5 rings (SSSR count). The normalized spacial score (nSPS) is 18.7. The van der Waals surface area contributed by atoms with E-state index in [1.54, 1.807) is 12.4 Å². The molecule has 0 saturated heterocycles. The van der Waals surface area contributed by atoms with Crippen molar-refractivity contribution in [2.45, 2.75) is 24.9 Å². The minimum atomic E-state index is -0.679. The predicted molar refractivity (Wildman–Crippen MR) is 112 cm³/mol. The van der Waals surface area contributed by atoms with Crippen LogP contribution in [0.25, 0.3) is 0 Å². The lowest BCUT2D eigenvalue weighted by Crippen LogP contribution is -2.30. The zero-order valence-electron chi connectivity index (χ0n) is 17.1. The van der Waals surface area contributed by atoms with Crippen molar-refractivity contribution in [3.05, 3.63) is 89.5 Å². The topological polar surface area (TPSA) is 74.9 Å². The Hall–Kier alpha value is -4.02. The van der Waals surface area contributed by atoms with Crippen LogP contribution in [0.3, 0.4) is 0 Å². The molecule has 0 radical (unpaired) electrons. The molecule has 2 aliphatic rings. The predicted octanol–water partition coefficient (Wildman–Crippen LogP) is 4.55. The van der Waals surface area contributed by atoms with Crippen LogP contribution in [0.2, 0.25) is 0 Å². The number of imidazole rings is 1. The summed E-state index contributed by atoms with van der Waals surface area (Å²) in [7, 11) is 0. The van der Waals surface area contributed by atoms with Crippen molar-refractivity contribution < 1.29 is 22.4 Å². The van der Waals surface area contributed by atoms with Crippen LogP contribution in [0, 0.1) is 23.3 Å². The van der Waals surface area contributed by atoms with Crippen molar-refractivity contribution in [1.29, 1.82) is 0 Å². The van der Waals surface area contributed by atoms with Crippen LogP contribution in [-0.4, -0.2) is 33.0 Å². The third-order valence-electron chi connectivity index (χ3n) is 4.97. The molecule has 2 unspecified atom stereocenters. The molecular weight excluding hydrogens is 440 g/mol.